The zero-order valence-electron chi connectivity index (χ0n) is 8.62. The van der Waals surface area contributed by atoms with Gasteiger partial charge in [0.05, 0.1) is 5.69 Å². The van der Waals surface area contributed by atoms with Crippen molar-refractivity contribution in [3.63, 3.8) is 0 Å². The Hall–Kier alpha value is -0.940. The van der Waals surface area contributed by atoms with Gasteiger partial charge in [0.1, 0.15) is 0 Å². The molecule has 1 aromatic heterocycles. The van der Waals surface area contributed by atoms with Crippen molar-refractivity contribution in [2.24, 2.45) is 5.41 Å². The second-order valence-corrected chi connectivity index (χ2v) is 5.22. The molecular weight excluding hydrogens is 212 g/mol. The normalized spacial score (nSPS) is 17.7. The number of aromatic carboxylic acids is 1. The Morgan fingerprint density at radius 1 is 1.73 bits per heavy atom. The fourth-order valence-corrected chi connectivity index (χ4v) is 2.02. The van der Waals surface area contributed by atoms with Crippen molar-refractivity contribution in [1.29, 1.82) is 0 Å². The second kappa shape index (κ2) is 3.90. The molecule has 5 heteroatoms. The first-order chi connectivity index (χ1) is 7.09. The smallest absolute Gasteiger partial charge is 0.365 e. The van der Waals surface area contributed by atoms with Crippen LogP contribution >= 0.6 is 11.3 Å². The maximum absolute atomic E-state index is 10.6. The maximum atomic E-state index is 10.6. The van der Waals surface area contributed by atoms with Crippen molar-refractivity contribution < 1.29 is 9.90 Å². The van der Waals surface area contributed by atoms with E-state index < -0.39 is 5.97 Å². The Kier molecular flexibility index (Phi) is 2.75. The first kappa shape index (κ1) is 10.6. The van der Waals surface area contributed by atoms with Crippen molar-refractivity contribution in [3.8, 4) is 0 Å². The van der Waals surface area contributed by atoms with Gasteiger partial charge in [0, 0.05) is 18.5 Å². The summed E-state index contributed by atoms with van der Waals surface area (Å²) in [5.74, 6) is -0.944. The fourth-order valence-electron chi connectivity index (χ4n) is 1.37. The van der Waals surface area contributed by atoms with E-state index in [0.29, 0.717) is 12.0 Å². The third-order valence-corrected chi connectivity index (χ3v) is 3.58. The zero-order valence-corrected chi connectivity index (χ0v) is 9.43. The summed E-state index contributed by atoms with van der Waals surface area (Å²) in [5.41, 5.74) is 1.30. The molecule has 0 amide bonds. The zero-order chi connectivity index (χ0) is 10.9. The lowest BCUT2D eigenvalue weighted by atomic mass is 10.1. The second-order valence-electron chi connectivity index (χ2n) is 4.36. The highest BCUT2D eigenvalue weighted by Crippen LogP contribution is 2.44. The van der Waals surface area contributed by atoms with Crippen LogP contribution in [0.15, 0.2) is 5.38 Å². The molecule has 0 aliphatic heterocycles. The van der Waals surface area contributed by atoms with Crippen LogP contribution in [0.5, 0.6) is 0 Å². The maximum Gasteiger partial charge on any atom is 0.365 e. The Morgan fingerprint density at radius 2 is 2.47 bits per heavy atom. The molecule has 1 saturated carbocycles. The molecule has 0 atom stereocenters. The van der Waals surface area contributed by atoms with Crippen LogP contribution in [0.4, 0.5) is 0 Å². The predicted molar refractivity (Wildman–Crippen MR) is 58.1 cm³/mol. The summed E-state index contributed by atoms with van der Waals surface area (Å²) in [6.07, 6.45) is 2.58. The standard InChI is InChI=1S/C10H14N2O2S/c1-10(2-3-10)6-11-4-7-5-15-8(12-7)9(13)14/h5,11H,2-4,6H2,1H3,(H,13,14). The molecule has 0 unspecified atom stereocenters. The number of nitrogens with zero attached hydrogens (tertiary/aromatic N) is 1. The van der Waals surface area contributed by atoms with Gasteiger partial charge in [-0.05, 0) is 18.3 Å². The van der Waals surface area contributed by atoms with Gasteiger partial charge in [-0.1, -0.05) is 6.92 Å². The van der Waals surface area contributed by atoms with Crippen molar-refractivity contribution in [3.05, 3.63) is 16.1 Å². The number of carbonyl (C=O) groups is 1. The molecule has 0 radical (unpaired) electrons. The summed E-state index contributed by atoms with van der Waals surface area (Å²) in [4.78, 5) is 14.6. The van der Waals surface area contributed by atoms with Crippen molar-refractivity contribution in [2.45, 2.75) is 26.3 Å². The van der Waals surface area contributed by atoms with Gasteiger partial charge >= 0.3 is 5.97 Å². The lowest BCUT2D eigenvalue weighted by molar-refractivity contribution is 0.0696. The molecule has 1 aliphatic rings. The van der Waals surface area contributed by atoms with E-state index in [1.54, 1.807) is 5.38 Å². The minimum atomic E-state index is -0.944. The van der Waals surface area contributed by atoms with E-state index in [-0.39, 0.29) is 5.01 Å². The fraction of sp³-hybridized carbons (Fsp3) is 0.600. The Bertz CT molecular complexity index is 371. The number of carboxylic acid groups (broad SMARTS) is 1. The molecule has 0 spiro atoms. The van der Waals surface area contributed by atoms with Crippen LogP contribution in [-0.4, -0.2) is 22.6 Å². The van der Waals surface area contributed by atoms with Crippen molar-refractivity contribution in [2.75, 3.05) is 6.54 Å². The van der Waals surface area contributed by atoms with E-state index in [2.05, 4.69) is 17.2 Å². The summed E-state index contributed by atoms with van der Waals surface area (Å²) >= 11 is 1.18. The molecule has 0 bridgehead atoms. The van der Waals surface area contributed by atoms with Crippen LogP contribution in [-0.2, 0) is 6.54 Å². The van der Waals surface area contributed by atoms with Crippen LogP contribution in [0.1, 0.15) is 35.3 Å². The third-order valence-electron chi connectivity index (χ3n) is 2.70. The third kappa shape index (κ3) is 2.76. The lowest BCUT2D eigenvalue weighted by Crippen LogP contribution is -2.21. The molecule has 82 valence electrons. The molecule has 1 aliphatic carbocycles. The van der Waals surface area contributed by atoms with Crippen LogP contribution in [0.3, 0.4) is 0 Å². The summed E-state index contributed by atoms with van der Waals surface area (Å²) in [6.45, 7) is 3.91. The number of hydrogen-bond acceptors (Lipinski definition) is 4. The highest BCUT2D eigenvalue weighted by atomic mass is 32.1. The molecule has 1 fully saturated rings. The predicted octanol–water partition coefficient (Wildman–Crippen LogP) is 1.73. The molecule has 0 saturated heterocycles. The van der Waals surface area contributed by atoms with Gasteiger partial charge in [-0.3, -0.25) is 0 Å². The first-order valence-corrected chi connectivity index (χ1v) is 5.85. The summed E-state index contributed by atoms with van der Waals surface area (Å²) in [7, 11) is 0. The van der Waals surface area contributed by atoms with E-state index >= 15 is 0 Å². The van der Waals surface area contributed by atoms with Gasteiger partial charge < -0.3 is 10.4 Å². The number of rotatable bonds is 5. The Morgan fingerprint density at radius 3 is 3.00 bits per heavy atom. The van der Waals surface area contributed by atoms with E-state index in [1.807, 2.05) is 0 Å². The molecule has 2 N–H and O–H groups in total. The average Bonchev–Trinajstić information content (AvgIpc) is 2.74. The SMILES string of the molecule is CC1(CNCc2csc(C(=O)O)n2)CC1. The van der Waals surface area contributed by atoms with Crippen LogP contribution in [0.2, 0.25) is 0 Å². The van der Waals surface area contributed by atoms with Gasteiger partial charge in [-0.25, -0.2) is 9.78 Å². The number of nitrogens with one attached hydrogen (secondary N) is 1. The number of carboxylic acids is 1. The summed E-state index contributed by atoms with van der Waals surface area (Å²) < 4.78 is 0. The molecule has 1 heterocycles. The number of thiazole rings is 1. The molecule has 0 aromatic carbocycles. The first-order valence-electron chi connectivity index (χ1n) is 4.97. The van der Waals surface area contributed by atoms with E-state index in [0.717, 1.165) is 12.2 Å². The summed E-state index contributed by atoms with van der Waals surface area (Å²) in [6, 6.07) is 0. The van der Waals surface area contributed by atoms with Gasteiger partial charge in [0.15, 0.2) is 0 Å². The summed E-state index contributed by atoms with van der Waals surface area (Å²) in [5, 5.41) is 14.0. The van der Waals surface area contributed by atoms with Crippen molar-refractivity contribution in [1.82, 2.24) is 10.3 Å². The van der Waals surface area contributed by atoms with Gasteiger partial charge in [0.25, 0.3) is 0 Å². The van der Waals surface area contributed by atoms with E-state index in [9.17, 15) is 4.79 Å². The number of hydrogen-bond donors (Lipinski definition) is 2. The molecule has 2 rings (SSSR count). The van der Waals surface area contributed by atoms with Crippen LogP contribution in [0, 0.1) is 5.41 Å². The lowest BCUT2D eigenvalue weighted by Gasteiger charge is -2.07. The van der Waals surface area contributed by atoms with Gasteiger partial charge in [-0.15, -0.1) is 11.3 Å². The highest BCUT2D eigenvalue weighted by molar-refractivity contribution is 7.11. The molecule has 4 nitrogen and oxygen atoms in total. The largest absolute Gasteiger partial charge is 0.476 e. The number of aromatic nitrogens is 1. The van der Waals surface area contributed by atoms with Gasteiger partial charge in [0.2, 0.25) is 5.01 Å². The minimum Gasteiger partial charge on any atom is -0.476 e. The monoisotopic (exact) mass is 226 g/mol. The minimum absolute atomic E-state index is 0.171. The molecule has 1 aromatic rings. The highest BCUT2D eigenvalue weighted by Gasteiger charge is 2.36. The topological polar surface area (TPSA) is 62.2 Å². The molecular formula is C10H14N2O2S. The van der Waals surface area contributed by atoms with Crippen LogP contribution < -0.4 is 5.32 Å². The van der Waals surface area contributed by atoms with E-state index in [1.165, 1.54) is 24.2 Å². The quantitative estimate of drug-likeness (QED) is 0.802. The Balaban J connectivity index is 1.80. The van der Waals surface area contributed by atoms with Crippen molar-refractivity contribution >= 4 is 17.3 Å². The molecule has 15 heavy (non-hydrogen) atoms. The van der Waals surface area contributed by atoms with Gasteiger partial charge in [-0.2, -0.15) is 0 Å². The Labute approximate surface area is 92.3 Å². The van der Waals surface area contributed by atoms with Crippen LogP contribution in [0.25, 0.3) is 0 Å². The average molecular weight is 226 g/mol. The van der Waals surface area contributed by atoms with E-state index in [4.69, 9.17) is 5.11 Å².